The molecule has 2 atom stereocenters. The number of nitrogens with zero attached hydrogens (tertiary/aromatic N) is 2. The van der Waals surface area contributed by atoms with Crippen LogP contribution < -0.4 is 16.4 Å². The van der Waals surface area contributed by atoms with Crippen molar-refractivity contribution in [2.45, 2.75) is 82.6 Å². The van der Waals surface area contributed by atoms with Gasteiger partial charge in [0.25, 0.3) is 0 Å². The van der Waals surface area contributed by atoms with Crippen molar-refractivity contribution in [1.29, 1.82) is 5.41 Å². The Kier molecular flexibility index (Phi) is 14.1. The van der Waals surface area contributed by atoms with Crippen molar-refractivity contribution >= 4 is 23.6 Å². The maximum atomic E-state index is 14.1. The van der Waals surface area contributed by atoms with Gasteiger partial charge in [0.2, 0.25) is 11.8 Å². The van der Waals surface area contributed by atoms with Gasteiger partial charge in [0.1, 0.15) is 6.04 Å². The molecular formula is C36H42F6N6O6. The normalized spacial score (nSPS) is 16.8. The van der Waals surface area contributed by atoms with Crippen LogP contribution in [0.3, 0.4) is 0 Å². The lowest BCUT2D eigenvalue weighted by molar-refractivity contribution is -0.192. The number of carboxylic acids is 1. The highest BCUT2D eigenvalue weighted by Gasteiger charge is 2.38. The van der Waals surface area contributed by atoms with Crippen LogP contribution in [0.15, 0.2) is 57.8 Å². The highest BCUT2D eigenvalue weighted by molar-refractivity contribution is 5.91. The predicted molar refractivity (Wildman–Crippen MR) is 183 cm³/mol. The molecule has 1 aliphatic heterocycles. The lowest BCUT2D eigenvalue weighted by Crippen LogP contribution is -2.53. The summed E-state index contributed by atoms with van der Waals surface area (Å²) in [5.41, 5.74) is 0.567. The maximum Gasteiger partial charge on any atom is 0.490 e. The molecule has 294 valence electrons. The van der Waals surface area contributed by atoms with Crippen molar-refractivity contribution in [2.75, 3.05) is 19.6 Å². The number of aromatic amines is 1. The molecule has 2 aliphatic rings. The third-order valence-electron chi connectivity index (χ3n) is 9.64. The topological polar surface area (TPSA) is 181 Å². The smallest absolute Gasteiger partial charge is 0.475 e. The zero-order valence-electron chi connectivity index (χ0n) is 29.4. The zero-order chi connectivity index (χ0) is 39.6. The van der Waals surface area contributed by atoms with Gasteiger partial charge >= 0.3 is 24.1 Å². The van der Waals surface area contributed by atoms with Crippen molar-refractivity contribution in [3.63, 3.8) is 0 Å². The first-order valence-electron chi connectivity index (χ1n) is 17.4. The molecule has 12 nitrogen and oxygen atoms in total. The van der Waals surface area contributed by atoms with E-state index < -0.39 is 47.5 Å². The van der Waals surface area contributed by atoms with Gasteiger partial charge in [-0.1, -0.05) is 66.9 Å². The number of alkyl halides is 6. The molecule has 54 heavy (non-hydrogen) atoms. The van der Waals surface area contributed by atoms with Crippen LogP contribution in [0.4, 0.5) is 26.3 Å². The molecule has 3 aromatic rings. The van der Waals surface area contributed by atoms with Crippen molar-refractivity contribution in [2.24, 2.45) is 11.8 Å². The molecule has 2 amide bonds. The van der Waals surface area contributed by atoms with Crippen LogP contribution in [0, 0.1) is 17.2 Å². The van der Waals surface area contributed by atoms with Crippen molar-refractivity contribution in [1.82, 2.24) is 25.7 Å². The summed E-state index contributed by atoms with van der Waals surface area (Å²) < 4.78 is 77.5. The second-order valence-electron chi connectivity index (χ2n) is 13.5. The number of halogens is 6. The number of H-pyrrole nitrogens is 1. The molecular weight excluding hydrogens is 726 g/mol. The largest absolute Gasteiger partial charge is 0.490 e. The minimum absolute atomic E-state index is 0.0762. The average molecular weight is 769 g/mol. The number of piperidine rings is 1. The number of hydrogen-bond acceptors (Lipinski definition) is 7. The lowest BCUT2D eigenvalue weighted by atomic mass is 9.82. The number of rotatable bonds is 10. The number of hydrogen-bond donors (Lipinski definition) is 5. The van der Waals surface area contributed by atoms with Crippen molar-refractivity contribution < 1.29 is 50.4 Å². The van der Waals surface area contributed by atoms with Gasteiger partial charge in [0.05, 0.1) is 17.3 Å². The Morgan fingerprint density at radius 2 is 1.61 bits per heavy atom. The number of carbonyl (C=O) groups excluding carboxylic acids is 2. The Morgan fingerprint density at radius 1 is 0.981 bits per heavy atom. The molecule has 2 aromatic carbocycles. The van der Waals surface area contributed by atoms with Gasteiger partial charge in [-0.15, -0.1) is 0 Å². The van der Waals surface area contributed by atoms with E-state index in [0.29, 0.717) is 23.5 Å². The van der Waals surface area contributed by atoms with Gasteiger partial charge in [-0.05, 0) is 68.1 Å². The van der Waals surface area contributed by atoms with Crippen LogP contribution in [0.25, 0.3) is 11.4 Å². The molecule has 5 N–H and O–H groups in total. The van der Waals surface area contributed by atoms with E-state index in [-0.39, 0.29) is 35.6 Å². The number of amidine groups is 1. The second kappa shape index (κ2) is 18.2. The second-order valence-corrected chi connectivity index (χ2v) is 13.5. The van der Waals surface area contributed by atoms with Gasteiger partial charge in [0, 0.05) is 25.2 Å². The third-order valence-corrected chi connectivity index (χ3v) is 9.64. The maximum absolute atomic E-state index is 14.1. The molecule has 1 aromatic heterocycles. The predicted octanol–water partition coefficient (Wildman–Crippen LogP) is 5.90. The van der Waals surface area contributed by atoms with E-state index in [4.69, 9.17) is 15.3 Å². The summed E-state index contributed by atoms with van der Waals surface area (Å²) >= 11 is 0. The summed E-state index contributed by atoms with van der Waals surface area (Å²) in [7, 11) is 0. The first-order valence-corrected chi connectivity index (χ1v) is 17.4. The third kappa shape index (κ3) is 11.9. The minimum atomic E-state index is -5.08. The van der Waals surface area contributed by atoms with Gasteiger partial charge in [0.15, 0.2) is 5.82 Å². The molecule has 0 bridgehead atoms. The van der Waals surface area contributed by atoms with E-state index in [0.717, 1.165) is 70.2 Å². The number of nitrogens with one attached hydrogen (secondary N) is 4. The van der Waals surface area contributed by atoms with E-state index >= 15 is 0 Å². The van der Waals surface area contributed by atoms with E-state index in [1.807, 2.05) is 4.90 Å². The standard InChI is InChI=1S/C34H41F3N6O4.C2HF3O2/c1-21(38)43-16-14-23(15-17-43)20-39-32(45)29(24-6-3-2-4-7-24)40-31(44)28(26-8-5-9-27(19-26)34(35,36)37)18-22-10-12-25(13-11-22)30-41-33(46)47-42-30;3-2(4,5)1(6)7/h5,8-13,19,23-24,28-29,38H,2-4,6-7,14-18,20H2,1H3,(H,39,45)(H,40,44)(H,41,42,46);(H,6,7)/t28?,29-;/m0./s1. The number of amides is 2. The van der Waals surface area contributed by atoms with Crippen molar-refractivity contribution in [3.05, 3.63) is 75.8 Å². The molecule has 2 fully saturated rings. The molecule has 0 radical (unpaired) electrons. The summed E-state index contributed by atoms with van der Waals surface area (Å²) in [6.07, 6.45) is -3.44. The van der Waals surface area contributed by atoms with Crippen LogP contribution in [0.1, 0.15) is 74.5 Å². The minimum Gasteiger partial charge on any atom is -0.475 e. The van der Waals surface area contributed by atoms with Gasteiger partial charge in [-0.3, -0.25) is 24.5 Å². The summed E-state index contributed by atoms with van der Waals surface area (Å²) in [5.74, 6) is -4.33. The Hall–Kier alpha value is -5.16. The number of carbonyl (C=O) groups is 3. The molecule has 1 saturated carbocycles. The Morgan fingerprint density at radius 3 is 2.15 bits per heavy atom. The molecule has 1 aliphatic carbocycles. The molecule has 5 rings (SSSR count). The number of carboxylic acid groups (broad SMARTS) is 1. The molecule has 1 saturated heterocycles. The fourth-order valence-electron chi connectivity index (χ4n) is 6.63. The fourth-order valence-corrected chi connectivity index (χ4v) is 6.63. The zero-order valence-corrected chi connectivity index (χ0v) is 29.4. The number of aromatic nitrogens is 2. The highest BCUT2D eigenvalue weighted by atomic mass is 19.4. The Balaban J connectivity index is 0.000000845. The SMILES string of the molecule is CC(=N)N1CCC(CNC(=O)[C@@H](NC(=O)C(Cc2ccc(-c3noc(=O)[nH]3)cc2)c2cccc(C(F)(F)F)c2)C2CCCCC2)CC1.O=C(O)C(F)(F)F. The van der Waals surface area contributed by atoms with E-state index in [1.165, 1.54) is 12.1 Å². The van der Waals surface area contributed by atoms with E-state index in [2.05, 4.69) is 25.3 Å². The van der Waals surface area contributed by atoms with Gasteiger partial charge in [-0.2, -0.15) is 26.3 Å². The number of likely N-dealkylation sites (tertiary alicyclic amines) is 1. The molecule has 2 heterocycles. The van der Waals surface area contributed by atoms with Crippen LogP contribution >= 0.6 is 0 Å². The molecule has 18 heteroatoms. The monoisotopic (exact) mass is 768 g/mol. The summed E-state index contributed by atoms with van der Waals surface area (Å²) in [5, 5.41) is 24.7. The average Bonchev–Trinajstić information content (AvgIpc) is 3.58. The Labute approximate surface area is 306 Å². The van der Waals surface area contributed by atoms with Crippen LogP contribution in [0.5, 0.6) is 0 Å². The van der Waals surface area contributed by atoms with Crippen LogP contribution in [0.2, 0.25) is 0 Å². The van der Waals surface area contributed by atoms with Crippen LogP contribution in [-0.2, 0) is 27.0 Å². The molecule has 1 unspecified atom stereocenters. The summed E-state index contributed by atoms with van der Waals surface area (Å²) in [4.78, 5) is 52.6. The highest BCUT2D eigenvalue weighted by Crippen LogP contribution is 2.33. The van der Waals surface area contributed by atoms with Crippen molar-refractivity contribution in [3.8, 4) is 11.4 Å². The number of benzene rings is 2. The fraction of sp³-hybridized carbons (Fsp3) is 0.500. The van der Waals surface area contributed by atoms with Gasteiger partial charge < -0.3 is 20.6 Å². The first kappa shape index (κ1) is 41.6. The van der Waals surface area contributed by atoms with Crippen LogP contribution in [-0.4, -0.2) is 75.6 Å². The Bertz CT molecular complexity index is 1790. The van der Waals surface area contributed by atoms with E-state index in [9.17, 15) is 40.7 Å². The summed E-state index contributed by atoms with van der Waals surface area (Å²) in [6.45, 7) is 3.75. The number of aliphatic carboxylic acids is 1. The van der Waals surface area contributed by atoms with Gasteiger partial charge in [-0.25, -0.2) is 9.59 Å². The van der Waals surface area contributed by atoms with E-state index in [1.54, 1.807) is 31.2 Å². The lowest BCUT2D eigenvalue weighted by Gasteiger charge is -2.34. The molecule has 0 spiro atoms. The quantitative estimate of drug-likeness (QED) is 0.0961. The summed E-state index contributed by atoms with van der Waals surface area (Å²) in [6, 6.07) is 10.7. The first-order chi connectivity index (χ1) is 25.4.